The maximum Gasteiger partial charge on any atom is 0.122 e. The van der Waals surface area contributed by atoms with Gasteiger partial charge in [-0.25, -0.2) is 0 Å². The molecular weight excluding hydrogens is 200 g/mol. The fourth-order valence-electron chi connectivity index (χ4n) is 2.14. The zero-order valence-corrected chi connectivity index (χ0v) is 9.41. The Kier molecular flexibility index (Phi) is 2.58. The molecule has 1 aliphatic heterocycles. The maximum atomic E-state index is 6.16. The van der Waals surface area contributed by atoms with Gasteiger partial charge in [-0.05, 0) is 30.0 Å². The van der Waals surface area contributed by atoms with E-state index in [9.17, 15) is 0 Å². The smallest absolute Gasteiger partial charge is 0.122 e. The second kappa shape index (κ2) is 4.07. The SMILES string of the molecule is NC(CNC1CC1)c1ccc2c(c1)CCO2. The second-order valence-electron chi connectivity index (χ2n) is 4.75. The minimum Gasteiger partial charge on any atom is -0.493 e. The van der Waals surface area contributed by atoms with Crippen LogP contribution in [-0.2, 0) is 6.42 Å². The van der Waals surface area contributed by atoms with Crippen molar-refractivity contribution in [1.29, 1.82) is 0 Å². The van der Waals surface area contributed by atoms with E-state index in [1.165, 1.54) is 24.0 Å². The van der Waals surface area contributed by atoms with Crippen LogP contribution in [0.1, 0.15) is 30.0 Å². The Morgan fingerprint density at radius 1 is 1.44 bits per heavy atom. The van der Waals surface area contributed by atoms with Crippen molar-refractivity contribution in [3.05, 3.63) is 29.3 Å². The van der Waals surface area contributed by atoms with E-state index >= 15 is 0 Å². The zero-order chi connectivity index (χ0) is 11.0. The van der Waals surface area contributed by atoms with Crippen molar-refractivity contribution in [2.24, 2.45) is 5.73 Å². The highest BCUT2D eigenvalue weighted by atomic mass is 16.5. The molecule has 1 saturated carbocycles. The number of nitrogens with one attached hydrogen (secondary N) is 1. The molecule has 1 aromatic rings. The number of hydrogen-bond acceptors (Lipinski definition) is 3. The van der Waals surface area contributed by atoms with Gasteiger partial charge in [0.1, 0.15) is 5.75 Å². The van der Waals surface area contributed by atoms with Gasteiger partial charge in [0, 0.05) is 25.0 Å². The van der Waals surface area contributed by atoms with Crippen molar-refractivity contribution in [1.82, 2.24) is 5.32 Å². The number of rotatable bonds is 4. The zero-order valence-electron chi connectivity index (χ0n) is 9.41. The predicted molar refractivity (Wildman–Crippen MR) is 63.6 cm³/mol. The fraction of sp³-hybridized carbons (Fsp3) is 0.538. The number of hydrogen-bond donors (Lipinski definition) is 2. The molecule has 3 N–H and O–H groups in total. The highest BCUT2D eigenvalue weighted by Crippen LogP contribution is 2.27. The molecule has 1 aromatic carbocycles. The highest BCUT2D eigenvalue weighted by Gasteiger charge is 2.21. The Morgan fingerprint density at radius 3 is 3.12 bits per heavy atom. The van der Waals surface area contributed by atoms with Crippen molar-refractivity contribution in [2.45, 2.75) is 31.3 Å². The average Bonchev–Trinajstić information content (AvgIpc) is 3.01. The first kappa shape index (κ1) is 10.1. The Balaban J connectivity index is 1.67. The van der Waals surface area contributed by atoms with E-state index in [0.29, 0.717) is 0 Å². The first-order valence-electron chi connectivity index (χ1n) is 6.07. The van der Waals surface area contributed by atoms with Crippen LogP contribution in [0.2, 0.25) is 0 Å². The first-order chi connectivity index (χ1) is 7.83. The molecule has 0 saturated heterocycles. The van der Waals surface area contributed by atoms with E-state index in [0.717, 1.165) is 31.4 Å². The van der Waals surface area contributed by atoms with Crippen molar-refractivity contribution in [3.63, 3.8) is 0 Å². The van der Waals surface area contributed by atoms with Gasteiger partial charge in [0.15, 0.2) is 0 Å². The van der Waals surface area contributed by atoms with Gasteiger partial charge in [0.05, 0.1) is 6.61 Å². The molecule has 3 heteroatoms. The number of fused-ring (bicyclic) bond motifs is 1. The summed E-state index contributed by atoms with van der Waals surface area (Å²) < 4.78 is 5.48. The summed E-state index contributed by atoms with van der Waals surface area (Å²) >= 11 is 0. The summed E-state index contributed by atoms with van der Waals surface area (Å²) in [7, 11) is 0. The summed E-state index contributed by atoms with van der Waals surface area (Å²) in [6.45, 7) is 1.69. The van der Waals surface area contributed by atoms with E-state index < -0.39 is 0 Å². The van der Waals surface area contributed by atoms with Crippen LogP contribution in [0.15, 0.2) is 18.2 Å². The van der Waals surface area contributed by atoms with Crippen LogP contribution >= 0.6 is 0 Å². The van der Waals surface area contributed by atoms with Gasteiger partial charge < -0.3 is 15.8 Å². The normalized spacial score (nSPS) is 20.3. The van der Waals surface area contributed by atoms with Crippen molar-refractivity contribution >= 4 is 0 Å². The number of ether oxygens (including phenoxy) is 1. The lowest BCUT2D eigenvalue weighted by Gasteiger charge is -2.13. The molecule has 0 amide bonds. The van der Waals surface area contributed by atoms with E-state index in [1.807, 2.05) is 0 Å². The maximum absolute atomic E-state index is 6.16. The highest BCUT2D eigenvalue weighted by molar-refractivity contribution is 5.40. The molecule has 0 spiro atoms. The Bertz CT molecular complexity index is 388. The molecule has 3 nitrogen and oxygen atoms in total. The molecule has 1 aliphatic carbocycles. The lowest BCUT2D eigenvalue weighted by molar-refractivity contribution is 0.357. The minimum atomic E-state index is 0.103. The molecule has 3 rings (SSSR count). The molecule has 16 heavy (non-hydrogen) atoms. The lowest BCUT2D eigenvalue weighted by atomic mass is 10.0. The number of nitrogens with two attached hydrogens (primary N) is 1. The summed E-state index contributed by atoms with van der Waals surface area (Å²) in [6.07, 6.45) is 3.64. The standard InChI is InChI=1S/C13H18N2O/c14-12(8-15-11-2-3-11)9-1-4-13-10(7-9)5-6-16-13/h1,4,7,11-12,15H,2-3,5-6,8,14H2. The Morgan fingerprint density at radius 2 is 2.31 bits per heavy atom. The Hall–Kier alpha value is -1.06. The molecular formula is C13H18N2O. The van der Waals surface area contributed by atoms with E-state index in [1.54, 1.807) is 0 Å². The van der Waals surface area contributed by atoms with E-state index in [-0.39, 0.29) is 6.04 Å². The summed E-state index contributed by atoms with van der Waals surface area (Å²) in [4.78, 5) is 0. The predicted octanol–water partition coefficient (Wildman–Crippen LogP) is 1.37. The van der Waals surface area contributed by atoms with Crippen molar-refractivity contribution in [2.75, 3.05) is 13.2 Å². The molecule has 1 fully saturated rings. The largest absolute Gasteiger partial charge is 0.493 e. The molecule has 0 radical (unpaired) electrons. The average molecular weight is 218 g/mol. The summed E-state index contributed by atoms with van der Waals surface area (Å²) in [5, 5.41) is 3.47. The quantitative estimate of drug-likeness (QED) is 0.802. The van der Waals surface area contributed by atoms with Gasteiger partial charge >= 0.3 is 0 Å². The molecule has 1 heterocycles. The molecule has 1 atom stereocenters. The van der Waals surface area contributed by atoms with E-state index in [4.69, 9.17) is 10.5 Å². The van der Waals surface area contributed by atoms with E-state index in [2.05, 4.69) is 23.5 Å². The van der Waals surface area contributed by atoms with Crippen molar-refractivity contribution in [3.8, 4) is 5.75 Å². The van der Waals surface area contributed by atoms with Gasteiger partial charge in [-0.15, -0.1) is 0 Å². The minimum absolute atomic E-state index is 0.103. The van der Waals surface area contributed by atoms with Crippen LogP contribution in [-0.4, -0.2) is 19.2 Å². The van der Waals surface area contributed by atoms with Crippen LogP contribution in [0, 0.1) is 0 Å². The van der Waals surface area contributed by atoms with Gasteiger partial charge in [-0.1, -0.05) is 12.1 Å². The van der Waals surface area contributed by atoms with Crippen LogP contribution in [0.4, 0.5) is 0 Å². The summed E-state index contributed by atoms with van der Waals surface area (Å²) in [6, 6.07) is 7.16. The van der Waals surface area contributed by atoms with Gasteiger partial charge in [0.2, 0.25) is 0 Å². The van der Waals surface area contributed by atoms with Gasteiger partial charge in [0.25, 0.3) is 0 Å². The molecule has 1 unspecified atom stereocenters. The topological polar surface area (TPSA) is 47.3 Å². The lowest BCUT2D eigenvalue weighted by Crippen LogP contribution is -2.28. The monoisotopic (exact) mass is 218 g/mol. The second-order valence-corrected chi connectivity index (χ2v) is 4.75. The van der Waals surface area contributed by atoms with Crippen LogP contribution in [0.25, 0.3) is 0 Å². The van der Waals surface area contributed by atoms with Gasteiger partial charge in [-0.2, -0.15) is 0 Å². The number of benzene rings is 1. The third kappa shape index (κ3) is 2.06. The van der Waals surface area contributed by atoms with Gasteiger partial charge in [-0.3, -0.25) is 0 Å². The van der Waals surface area contributed by atoms with Crippen LogP contribution < -0.4 is 15.8 Å². The van der Waals surface area contributed by atoms with Crippen LogP contribution in [0.5, 0.6) is 5.75 Å². The fourth-order valence-corrected chi connectivity index (χ4v) is 2.14. The molecule has 0 bridgehead atoms. The first-order valence-corrected chi connectivity index (χ1v) is 6.07. The molecule has 86 valence electrons. The third-order valence-corrected chi connectivity index (χ3v) is 3.35. The van der Waals surface area contributed by atoms with Crippen molar-refractivity contribution < 1.29 is 4.74 Å². The summed E-state index contributed by atoms with van der Waals surface area (Å²) in [5.41, 5.74) is 8.69. The summed E-state index contributed by atoms with van der Waals surface area (Å²) in [5.74, 6) is 1.03. The van der Waals surface area contributed by atoms with Crippen LogP contribution in [0.3, 0.4) is 0 Å². The molecule has 2 aliphatic rings. The Labute approximate surface area is 96.0 Å². The molecule has 0 aromatic heterocycles. The third-order valence-electron chi connectivity index (χ3n) is 3.35.